The van der Waals surface area contributed by atoms with Crippen molar-refractivity contribution in [1.29, 1.82) is 0 Å². The van der Waals surface area contributed by atoms with Gasteiger partial charge >= 0.3 is 0 Å². The summed E-state index contributed by atoms with van der Waals surface area (Å²) < 4.78 is 3.82. The van der Waals surface area contributed by atoms with E-state index >= 15 is 0 Å². The van der Waals surface area contributed by atoms with Crippen molar-refractivity contribution in [2.45, 2.75) is 0 Å². The molecule has 0 amide bonds. The molecule has 0 radical (unpaired) electrons. The van der Waals surface area contributed by atoms with E-state index in [0.29, 0.717) is 0 Å². The van der Waals surface area contributed by atoms with Gasteiger partial charge in [-0.2, -0.15) is 0 Å². The van der Waals surface area contributed by atoms with Crippen molar-refractivity contribution in [3.63, 3.8) is 0 Å². The predicted octanol–water partition coefficient (Wildman–Crippen LogP) is 0.747. The molecule has 2 nitrogen and oxygen atoms in total. The van der Waals surface area contributed by atoms with E-state index in [2.05, 4.69) is 9.39 Å². The largest absolute Gasteiger partial charge is 0.279 e. The van der Waals surface area contributed by atoms with Crippen molar-refractivity contribution in [2.24, 2.45) is 9.39 Å². The Morgan fingerprint density at radius 1 is 1.50 bits per heavy atom. The van der Waals surface area contributed by atoms with Gasteiger partial charge in [0.05, 0.1) is 6.21 Å². The molecule has 1 rings (SSSR count). The Morgan fingerprint density at radius 2 is 2.50 bits per heavy atom. The number of nitrogens with zero attached hydrogens (tertiary/aromatic N) is 2. The maximum absolute atomic E-state index is 3.87. The average Bonchev–Trinajstić information content (AvgIpc) is 1.72. The van der Waals surface area contributed by atoms with E-state index in [1.807, 2.05) is 0 Å². The quantitative estimate of drug-likeness (QED) is 0.412. The van der Waals surface area contributed by atoms with Crippen molar-refractivity contribution in [3.8, 4) is 0 Å². The molecule has 0 aromatic carbocycles. The van der Waals surface area contributed by atoms with Gasteiger partial charge < -0.3 is 0 Å². The Bertz CT molecular complexity index is 74.8. The topological polar surface area (TPSA) is 24.7 Å². The number of rotatable bonds is 0. The van der Waals surface area contributed by atoms with Gasteiger partial charge in [-0.3, -0.25) is 4.99 Å². The summed E-state index contributed by atoms with van der Waals surface area (Å²) in [6.07, 6.45) is 3.39. The van der Waals surface area contributed by atoms with Crippen LogP contribution in [0, 0.1) is 0 Å². The highest BCUT2D eigenvalue weighted by Crippen LogP contribution is 2.01. The molecule has 0 N–H and O–H groups in total. The summed E-state index contributed by atoms with van der Waals surface area (Å²) >= 11 is 1.47. The molecule has 0 saturated carbocycles. The Kier molecular flexibility index (Phi) is 1.27. The maximum Gasteiger partial charge on any atom is 0.106 e. The van der Waals surface area contributed by atoms with Gasteiger partial charge in [-0.05, 0) is 11.9 Å². The minimum Gasteiger partial charge on any atom is -0.279 e. The molecule has 1 aliphatic heterocycles. The zero-order chi connectivity index (χ0) is 4.24. The van der Waals surface area contributed by atoms with E-state index in [0.717, 1.165) is 5.88 Å². The summed E-state index contributed by atoms with van der Waals surface area (Å²) in [5.41, 5.74) is 0. The molecule has 6 heavy (non-hydrogen) atoms. The highest BCUT2D eigenvalue weighted by atomic mass is 32.2. The summed E-state index contributed by atoms with van der Waals surface area (Å²) in [4.78, 5) is 3.87. The Labute approximate surface area is 40.5 Å². The molecule has 0 fully saturated rings. The van der Waals surface area contributed by atoms with Gasteiger partial charge in [-0.1, -0.05) is 0 Å². The van der Waals surface area contributed by atoms with E-state index < -0.39 is 0 Å². The fraction of sp³-hybridized carbons (Fsp3) is 0.333. The van der Waals surface area contributed by atoms with Gasteiger partial charge in [-0.15, -0.1) is 0 Å². The summed E-state index contributed by atoms with van der Waals surface area (Å²) in [7, 11) is 0. The third-order valence-corrected chi connectivity index (χ3v) is 0.975. The van der Waals surface area contributed by atoms with E-state index in [-0.39, 0.29) is 0 Å². The van der Waals surface area contributed by atoms with Gasteiger partial charge in [-0.25, -0.2) is 4.40 Å². The second-order valence-corrected chi connectivity index (χ2v) is 1.57. The standard InChI is InChI=1S/C3H4N2S/c1-2-5-6-3-4-1/h1-2H,3H2. The first-order valence-corrected chi connectivity index (χ1v) is 2.58. The van der Waals surface area contributed by atoms with Crippen molar-refractivity contribution in [1.82, 2.24) is 0 Å². The lowest BCUT2D eigenvalue weighted by Gasteiger charge is -1.87. The summed E-state index contributed by atoms with van der Waals surface area (Å²) in [6, 6.07) is 0. The smallest absolute Gasteiger partial charge is 0.106 e. The van der Waals surface area contributed by atoms with Gasteiger partial charge in [0.2, 0.25) is 0 Å². The van der Waals surface area contributed by atoms with Crippen LogP contribution in [0.25, 0.3) is 0 Å². The average molecular weight is 100 g/mol. The molecule has 0 aromatic heterocycles. The molecule has 0 aliphatic carbocycles. The van der Waals surface area contributed by atoms with Crippen LogP contribution in [0.2, 0.25) is 0 Å². The molecule has 0 atom stereocenters. The minimum absolute atomic E-state index is 0.788. The fourth-order valence-electron chi connectivity index (χ4n) is 0.227. The number of hydrogen-bond donors (Lipinski definition) is 0. The number of aliphatic imine (C=N–C) groups is 1. The second kappa shape index (κ2) is 1.97. The van der Waals surface area contributed by atoms with Gasteiger partial charge in [0.25, 0.3) is 0 Å². The van der Waals surface area contributed by atoms with Crippen LogP contribution in [0.1, 0.15) is 0 Å². The Hall–Kier alpha value is -0.310. The molecule has 0 bridgehead atoms. The fourth-order valence-corrected chi connectivity index (χ4v) is 0.587. The minimum atomic E-state index is 0.788. The SMILES string of the molecule is C1=NCSN=C1. The van der Waals surface area contributed by atoms with Crippen LogP contribution in [0.4, 0.5) is 0 Å². The second-order valence-electron chi connectivity index (χ2n) is 0.844. The number of hydrogen-bond acceptors (Lipinski definition) is 3. The van der Waals surface area contributed by atoms with Crippen molar-refractivity contribution < 1.29 is 0 Å². The monoisotopic (exact) mass is 100 g/mol. The molecule has 0 aromatic rings. The summed E-state index contributed by atoms with van der Waals surface area (Å²) in [5.74, 6) is 0.788. The van der Waals surface area contributed by atoms with Crippen LogP contribution in [-0.4, -0.2) is 18.3 Å². The van der Waals surface area contributed by atoms with E-state index in [4.69, 9.17) is 0 Å². The lowest BCUT2D eigenvalue weighted by Crippen LogP contribution is -1.81. The van der Waals surface area contributed by atoms with E-state index in [1.54, 1.807) is 12.4 Å². The third kappa shape index (κ3) is 0.825. The van der Waals surface area contributed by atoms with E-state index in [9.17, 15) is 0 Å². The van der Waals surface area contributed by atoms with Crippen LogP contribution in [0.15, 0.2) is 9.39 Å². The predicted molar refractivity (Wildman–Crippen MR) is 29.4 cm³/mol. The summed E-state index contributed by atoms with van der Waals surface area (Å²) in [6.45, 7) is 0. The zero-order valence-electron chi connectivity index (χ0n) is 3.16. The zero-order valence-corrected chi connectivity index (χ0v) is 3.98. The van der Waals surface area contributed by atoms with Crippen LogP contribution < -0.4 is 0 Å². The van der Waals surface area contributed by atoms with Gasteiger partial charge in [0, 0.05) is 6.21 Å². The summed E-state index contributed by atoms with van der Waals surface area (Å²) in [5, 5.41) is 0. The first kappa shape index (κ1) is 3.87. The van der Waals surface area contributed by atoms with Gasteiger partial charge in [0.15, 0.2) is 0 Å². The first-order chi connectivity index (χ1) is 3.00. The first-order valence-electron chi connectivity index (χ1n) is 1.64. The van der Waals surface area contributed by atoms with Crippen LogP contribution in [0.5, 0.6) is 0 Å². The molecule has 0 spiro atoms. The maximum atomic E-state index is 3.87. The van der Waals surface area contributed by atoms with Gasteiger partial charge in [0.1, 0.15) is 5.88 Å². The van der Waals surface area contributed by atoms with Crippen molar-refractivity contribution >= 4 is 24.4 Å². The van der Waals surface area contributed by atoms with Crippen molar-refractivity contribution in [3.05, 3.63) is 0 Å². The molecule has 1 heterocycles. The lowest BCUT2D eigenvalue weighted by molar-refractivity contribution is 1.40. The molecular formula is C3H4N2S. The molecule has 0 saturated heterocycles. The third-order valence-electron chi connectivity index (χ3n) is 0.440. The van der Waals surface area contributed by atoms with Crippen molar-refractivity contribution in [2.75, 3.05) is 5.88 Å². The molecule has 1 aliphatic rings. The van der Waals surface area contributed by atoms with Crippen LogP contribution in [-0.2, 0) is 0 Å². The van der Waals surface area contributed by atoms with Crippen LogP contribution >= 0.6 is 11.9 Å². The molecule has 3 heteroatoms. The Balaban J connectivity index is 2.46. The highest BCUT2D eigenvalue weighted by molar-refractivity contribution is 7.98. The normalized spacial score (nSPS) is 18.7. The lowest BCUT2D eigenvalue weighted by atomic mass is 10.8. The molecular weight excluding hydrogens is 96.1 g/mol. The molecule has 32 valence electrons. The highest BCUT2D eigenvalue weighted by Gasteiger charge is 1.79. The Morgan fingerprint density at radius 3 is 2.67 bits per heavy atom. The van der Waals surface area contributed by atoms with E-state index in [1.165, 1.54) is 11.9 Å². The van der Waals surface area contributed by atoms with Crippen LogP contribution in [0.3, 0.4) is 0 Å². The molecule has 0 unspecified atom stereocenters.